The Morgan fingerprint density at radius 2 is 2.00 bits per heavy atom. The average molecular weight is 225 g/mol. The minimum absolute atomic E-state index is 0.216. The highest BCUT2D eigenvalue weighted by Gasteiger charge is 2.51. The Kier molecular flexibility index (Phi) is 4.14. The summed E-state index contributed by atoms with van der Waals surface area (Å²) < 4.78 is 4.87. The van der Waals surface area contributed by atoms with Crippen LogP contribution in [0.15, 0.2) is 11.6 Å². The van der Waals surface area contributed by atoms with Gasteiger partial charge in [-0.2, -0.15) is 0 Å². The van der Waals surface area contributed by atoms with Gasteiger partial charge in [0.05, 0.1) is 0 Å². The molecule has 0 aromatic carbocycles. The molecule has 16 heavy (non-hydrogen) atoms. The summed E-state index contributed by atoms with van der Waals surface area (Å²) in [7, 11) is 2.17. The number of likely N-dealkylation sites (N-methyl/N-ethyl adjacent to an activating group) is 1. The second-order valence-corrected chi connectivity index (χ2v) is 5.17. The van der Waals surface area contributed by atoms with E-state index >= 15 is 0 Å². The van der Waals surface area contributed by atoms with Crippen molar-refractivity contribution in [3.05, 3.63) is 11.6 Å². The van der Waals surface area contributed by atoms with Crippen molar-refractivity contribution >= 4 is 5.97 Å². The molecule has 1 fully saturated rings. The lowest BCUT2D eigenvalue weighted by Gasteiger charge is -2.02. The van der Waals surface area contributed by atoms with Crippen LogP contribution in [-0.4, -0.2) is 36.1 Å². The molecule has 1 aliphatic rings. The molecule has 0 aromatic rings. The Balaban J connectivity index is 2.21. The first-order valence-electron chi connectivity index (χ1n) is 5.87. The van der Waals surface area contributed by atoms with E-state index in [0.717, 1.165) is 6.42 Å². The lowest BCUT2D eigenvalue weighted by atomic mass is 10.0. The van der Waals surface area contributed by atoms with Crippen molar-refractivity contribution in [1.29, 1.82) is 0 Å². The fourth-order valence-electron chi connectivity index (χ4n) is 2.09. The molecule has 3 nitrogen and oxygen atoms in total. The van der Waals surface area contributed by atoms with Crippen LogP contribution in [0, 0.1) is 0 Å². The Bertz CT molecular complexity index is 294. The van der Waals surface area contributed by atoms with Gasteiger partial charge in [0, 0.05) is 18.5 Å². The summed E-state index contributed by atoms with van der Waals surface area (Å²) in [6.45, 7) is 8.49. The molecule has 1 saturated heterocycles. The van der Waals surface area contributed by atoms with Crippen LogP contribution in [0.5, 0.6) is 0 Å². The zero-order valence-corrected chi connectivity index (χ0v) is 11.0. The average Bonchev–Trinajstić information content (AvgIpc) is 2.62. The van der Waals surface area contributed by atoms with Crippen LogP contribution in [0.2, 0.25) is 0 Å². The summed E-state index contributed by atoms with van der Waals surface area (Å²) >= 11 is 0. The summed E-state index contributed by atoms with van der Waals surface area (Å²) in [6.07, 6.45) is 4.27. The number of nitrogens with zero attached hydrogens (tertiary/aromatic N) is 1. The zero-order chi connectivity index (χ0) is 12.3. The molecule has 0 radical (unpaired) electrons. The van der Waals surface area contributed by atoms with Crippen LogP contribution in [-0.2, 0) is 9.53 Å². The van der Waals surface area contributed by atoms with E-state index < -0.39 is 0 Å². The topological polar surface area (TPSA) is 29.3 Å². The fraction of sp³-hybridized carbons (Fsp3) is 0.769. The highest BCUT2D eigenvalue weighted by molar-refractivity contribution is 5.66. The van der Waals surface area contributed by atoms with Gasteiger partial charge in [0.2, 0.25) is 0 Å². The van der Waals surface area contributed by atoms with Crippen molar-refractivity contribution in [2.24, 2.45) is 0 Å². The molecule has 1 heterocycles. The van der Waals surface area contributed by atoms with Gasteiger partial charge in [-0.3, -0.25) is 9.69 Å². The maximum absolute atomic E-state index is 10.6. The van der Waals surface area contributed by atoms with Gasteiger partial charge in [-0.15, -0.1) is 0 Å². The Labute approximate surface area is 98.5 Å². The summed E-state index contributed by atoms with van der Waals surface area (Å²) in [5, 5.41) is 0. The lowest BCUT2D eigenvalue weighted by Crippen LogP contribution is -2.04. The second kappa shape index (κ2) is 5.00. The molecule has 0 amide bonds. The molecule has 2 unspecified atom stereocenters. The third-order valence-electron chi connectivity index (χ3n) is 3.65. The molecular weight excluding hydrogens is 202 g/mol. The summed E-state index contributed by atoms with van der Waals surface area (Å²) in [6, 6.07) is 0.699. The predicted octanol–water partition coefficient (Wildman–Crippen LogP) is 2.37. The van der Waals surface area contributed by atoms with E-state index in [2.05, 4.69) is 32.7 Å². The Morgan fingerprint density at radius 1 is 1.44 bits per heavy atom. The van der Waals surface area contributed by atoms with E-state index in [1.54, 1.807) is 0 Å². The Hall–Kier alpha value is -0.830. The third kappa shape index (κ3) is 3.34. The van der Waals surface area contributed by atoms with Gasteiger partial charge in [-0.05, 0) is 46.7 Å². The minimum atomic E-state index is -0.216. The fourth-order valence-corrected chi connectivity index (χ4v) is 2.09. The van der Waals surface area contributed by atoms with E-state index in [1.165, 1.54) is 18.9 Å². The molecule has 3 heteroatoms. The van der Waals surface area contributed by atoms with Crippen LogP contribution < -0.4 is 0 Å². The zero-order valence-electron chi connectivity index (χ0n) is 11.0. The van der Waals surface area contributed by atoms with E-state index in [9.17, 15) is 4.79 Å². The predicted molar refractivity (Wildman–Crippen MR) is 65.3 cm³/mol. The monoisotopic (exact) mass is 225 g/mol. The maximum Gasteiger partial charge on any atom is 0.302 e. The molecule has 0 N–H and O–H groups in total. The van der Waals surface area contributed by atoms with Crippen molar-refractivity contribution in [2.75, 3.05) is 13.7 Å². The van der Waals surface area contributed by atoms with Gasteiger partial charge >= 0.3 is 5.97 Å². The van der Waals surface area contributed by atoms with E-state index in [0.29, 0.717) is 18.2 Å². The first kappa shape index (κ1) is 13.2. The molecule has 0 spiro atoms. The van der Waals surface area contributed by atoms with Crippen LogP contribution in [0.1, 0.15) is 40.5 Å². The van der Waals surface area contributed by atoms with Crippen LogP contribution in [0.25, 0.3) is 0 Å². The van der Waals surface area contributed by atoms with Crippen LogP contribution in [0.4, 0.5) is 0 Å². The number of ether oxygens (including phenoxy) is 1. The third-order valence-corrected chi connectivity index (χ3v) is 3.65. The number of hydrogen-bond donors (Lipinski definition) is 0. The number of allylic oxidation sites excluding steroid dienone is 1. The smallest absolute Gasteiger partial charge is 0.302 e. The quantitative estimate of drug-likeness (QED) is 0.409. The first-order chi connectivity index (χ1) is 7.35. The molecule has 0 bridgehead atoms. The largest absolute Gasteiger partial charge is 0.462 e. The SMILES string of the molecule is CC(=O)OCC=C(C)CCC1N(C)C1(C)C. The minimum Gasteiger partial charge on any atom is -0.462 e. The molecule has 92 valence electrons. The van der Waals surface area contributed by atoms with E-state index in [-0.39, 0.29) is 5.97 Å². The molecule has 0 saturated carbocycles. The van der Waals surface area contributed by atoms with Gasteiger partial charge in [-0.25, -0.2) is 0 Å². The molecular formula is C13H23NO2. The van der Waals surface area contributed by atoms with Crippen LogP contribution >= 0.6 is 0 Å². The molecule has 2 atom stereocenters. The molecule has 0 aromatic heterocycles. The van der Waals surface area contributed by atoms with Gasteiger partial charge < -0.3 is 4.74 Å². The van der Waals surface area contributed by atoms with E-state index in [4.69, 9.17) is 4.74 Å². The van der Waals surface area contributed by atoms with Crippen molar-refractivity contribution in [2.45, 2.75) is 52.1 Å². The van der Waals surface area contributed by atoms with E-state index in [1.807, 2.05) is 6.08 Å². The summed E-state index contributed by atoms with van der Waals surface area (Å²) in [4.78, 5) is 13.0. The number of carbonyl (C=O) groups is 1. The summed E-state index contributed by atoms with van der Waals surface area (Å²) in [5.74, 6) is -0.216. The van der Waals surface area contributed by atoms with Crippen molar-refractivity contribution in [3.63, 3.8) is 0 Å². The maximum atomic E-state index is 10.6. The van der Waals surface area contributed by atoms with Gasteiger partial charge in [0.25, 0.3) is 0 Å². The second-order valence-electron chi connectivity index (χ2n) is 5.17. The molecule has 1 rings (SSSR count). The molecule has 1 aliphatic heterocycles. The summed E-state index contributed by atoms with van der Waals surface area (Å²) in [5.41, 5.74) is 1.67. The normalized spacial score (nSPS) is 27.7. The molecule has 0 aliphatic carbocycles. The number of rotatable bonds is 5. The lowest BCUT2D eigenvalue weighted by molar-refractivity contribution is -0.139. The first-order valence-corrected chi connectivity index (χ1v) is 5.87. The van der Waals surface area contributed by atoms with Gasteiger partial charge in [0.1, 0.15) is 6.61 Å². The van der Waals surface area contributed by atoms with Gasteiger partial charge in [0.15, 0.2) is 0 Å². The highest BCUT2D eigenvalue weighted by Crippen LogP contribution is 2.41. The Morgan fingerprint density at radius 3 is 2.44 bits per heavy atom. The standard InChI is InChI=1S/C13H23NO2/c1-10(8-9-16-11(2)15)6-7-12-13(3,4)14(12)5/h8,12H,6-7,9H2,1-5H3. The van der Waals surface area contributed by atoms with Crippen molar-refractivity contribution in [1.82, 2.24) is 4.90 Å². The van der Waals surface area contributed by atoms with Crippen LogP contribution in [0.3, 0.4) is 0 Å². The van der Waals surface area contributed by atoms with Crippen molar-refractivity contribution < 1.29 is 9.53 Å². The van der Waals surface area contributed by atoms with Gasteiger partial charge in [-0.1, -0.05) is 5.57 Å². The highest BCUT2D eigenvalue weighted by atomic mass is 16.5. The van der Waals surface area contributed by atoms with Crippen molar-refractivity contribution in [3.8, 4) is 0 Å². The number of esters is 1. The number of hydrogen-bond acceptors (Lipinski definition) is 3. The number of carbonyl (C=O) groups excluding carboxylic acids is 1.